The van der Waals surface area contributed by atoms with Crippen LogP contribution < -0.4 is 5.69 Å². The van der Waals surface area contributed by atoms with Crippen molar-refractivity contribution in [1.29, 1.82) is 0 Å². The summed E-state index contributed by atoms with van der Waals surface area (Å²) in [6, 6.07) is 4.53. The van der Waals surface area contributed by atoms with Gasteiger partial charge in [0, 0.05) is 34.7 Å². The van der Waals surface area contributed by atoms with Gasteiger partial charge in [0.2, 0.25) is 15.9 Å². The van der Waals surface area contributed by atoms with Crippen LogP contribution in [0.3, 0.4) is 0 Å². The summed E-state index contributed by atoms with van der Waals surface area (Å²) >= 11 is 0. The van der Waals surface area contributed by atoms with Crippen LogP contribution in [0.25, 0.3) is 11.0 Å². The van der Waals surface area contributed by atoms with E-state index < -0.39 is 10.0 Å². The number of carbonyl (C=O) groups is 1. The Morgan fingerprint density at radius 2 is 1.71 bits per heavy atom. The smallest absolute Gasteiger partial charge is 0.328 e. The standard InChI is InChI=1S/C15H22N4O4S/c1-6-19(10-14(20)16(2)3)24(22,23)11-7-8-12-13(9-11)18(5)15(21)17(12)4/h7-9H,6,10H2,1-5H3. The molecule has 0 spiro atoms. The minimum Gasteiger partial charge on any atom is -0.348 e. The van der Waals surface area contributed by atoms with Gasteiger partial charge in [-0.3, -0.25) is 13.9 Å². The van der Waals surface area contributed by atoms with Crippen LogP contribution in [-0.4, -0.2) is 59.8 Å². The number of likely N-dealkylation sites (N-methyl/N-ethyl adjacent to an activating group) is 2. The highest BCUT2D eigenvalue weighted by Gasteiger charge is 2.26. The van der Waals surface area contributed by atoms with Crippen LogP contribution in [0.4, 0.5) is 0 Å². The molecule has 0 atom stereocenters. The zero-order valence-electron chi connectivity index (χ0n) is 14.5. The van der Waals surface area contributed by atoms with Gasteiger partial charge in [-0.25, -0.2) is 13.2 Å². The fourth-order valence-corrected chi connectivity index (χ4v) is 3.87. The lowest BCUT2D eigenvalue weighted by Crippen LogP contribution is -2.40. The summed E-state index contributed by atoms with van der Waals surface area (Å²) in [5, 5.41) is 0. The number of nitrogens with zero attached hydrogens (tertiary/aromatic N) is 4. The van der Waals surface area contributed by atoms with Crippen molar-refractivity contribution < 1.29 is 13.2 Å². The Labute approximate surface area is 140 Å². The molecule has 8 nitrogen and oxygen atoms in total. The minimum atomic E-state index is -3.83. The molecule has 0 aliphatic rings. The van der Waals surface area contributed by atoms with Gasteiger partial charge < -0.3 is 4.90 Å². The summed E-state index contributed by atoms with van der Waals surface area (Å²) in [6.07, 6.45) is 0. The Morgan fingerprint density at radius 1 is 1.12 bits per heavy atom. The van der Waals surface area contributed by atoms with Gasteiger partial charge in [-0.15, -0.1) is 0 Å². The van der Waals surface area contributed by atoms with Gasteiger partial charge in [-0.2, -0.15) is 4.31 Å². The molecule has 9 heteroatoms. The van der Waals surface area contributed by atoms with E-state index in [0.717, 1.165) is 4.31 Å². The Balaban J connectivity index is 2.52. The monoisotopic (exact) mass is 354 g/mol. The Morgan fingerprint density at radius 3 is 2.25 bits per heavy atom. The fraction of sp³-hybridized carbons (Fsp3) is 0.467. The first-order valence-electron chi connectivity index (χ1n) is 7.47. The van der Waals surface area contributed by atoms with Crippen molar-refractivity contribution in [2.24, 2.45) is 14.1 Å². The molecular formula is C15H22N4O4S. The summed E-state index contributed by atoms with van der Waals surface area (Å²) in [5.41, 5.74) is 0.946. The number of carbonyl (C=O) groups excluding carboxylic acids is 1. The molecular weight excluding hydrogens is 332 g/mol. The zero-order chi connectivity index (χ0) is 18.2. The summed E-state index contributed by atoms with van der Waals surface area (Å²) in [7, 11) is 2.55. The number of hydrogen-bond donors (Lipinski definition) is 0. The molecule has 0 saturated carbocycles. The first kappa shape index (κ1) is 18.2. The summed E-state index contributed by atoms with van der Waals surface area (Å²) in [4.78, 5) is 25.3. The summed E-state index contributed by atoms with van der Waals surface area (Å²) in [6.45, 7) is 1.63. The molecule has 0 unspecified atom stereocenters. The van der Waals surface area contributed by atoms with E-state index in [9.17, 15) is 18.0 Å². The maximum atomic E-state index is 12.8. The van der Waals surface area contributed by atoms with Gasteiger partial charge in [0.1, 0.15) is 0 Å². The van der Waals surface area contributed by atoms with Crippen LogP contribution in [0.2, 0.25) is 0 Å². The molecule has 1 heterocycles. The molecule has 2 aromatic rings. The van der Waals surface area contributed by atoms with Crippen molar-refractivity contribution in [1.82, 2.24) is 18.3 Å². The van der Waals surface area contributed by atoms with Crippen molar-refractivity contribution in [3.63, 3.8) is 0 Å². The zero-order valence-corrected chi connectivity index (χ0v) is 15.3. The third-order valence-corrected chi connectivity index (χ3v) is 5.96. The molecule has 1 amide bonds. The van der Waals surface area contributed by atoms with E-state index in [1.807, 2.05) is 0 Å². The number of aromatic nitrogens is 2. The predicted octanol–water partition coefficient (Wildman–Crippen LogP) is -0.0242. The lowest BCUT2D eigenvalue weighted by Gasteiger charge is -2.22. The molecule has 0 N–H and O–H groups in total. The average molecular weight is 354 g/mol. The number of benzene rings is 1. The maximum Gasteiger partial charge on any atom is 0.328 e. The molecule has 132 valence electrons. The van der Waals surface area contributed by atoms with Crippen molar-refractivity contribution in [3.05, 3.63) is 28.7 Å². The topological polar surface area (TPSA) is 84.6 Å². The van der Waals surface area contributed by atoms with Gasteiger partial charge in [0.05, 0.1) is 22.5 Å². The highest BCUT2D eigenvalue weighted by molar-refractivity contribution is 7.89. The quantitative estimate of drug-likeness (QED) is 0.755. The molecule has 1 aromatic carbocycles. The second kappa shape index (κ2) is 6.40. The second-order valence-corrected chi connectivity index (χ2v) is 7.71. The predicted molar refractivity (Wildman–Crippen MR) is 91.3 cm³/mol. The molecule has 0 aliphatic carbocycles. The van der Waals surface area contributed by atoms with E-state index in [0.29, 0.717) is 11.0 Å². The number of hydrogen-bond acceptors (Lipinski definition) is 4. The van der Waals surface area contributed by atoms with Crippen LogP contribution in [-0.2, 0) is 28.9 Å². The van der Waals surface area contributed by atoms with Crippen molar-refractivity contribution in [2.75, 3.05) is 27.2 Å². The van der Waals surface area contributed by atoms with E-state index in [1.165, 1.54) is 26.2 Å². The normalized spacial score (nSPS) is 12.1. The fourth-order valence-electron chi connectivity index (χ4n) is 2.46. The average Bonchev–Trinajstić information content (AvgIpc) is 2.76. The van der Waals surface area contributed by atoms with E-state index in [4.69, 9.17) is 0 Å². The van der Waals surface area contributed by atoms with Gasteiger partial charge in [0.15, 0.2) is 0 Å². The summed E-state index contributed by atoms with van der Waals surface area (Å²) in [5.74, 6) is -0.298. The molecule has 0 fully saturated rings. The Bertz CT molecular complexity index is 940. The van der Waals surface area contributed by atoms with Gasteiger partial charge in [0.25, 0.3) is 0 Å². The maximum absolute atomic E-state index is 12.8. The number of sulfonamides is 1. The van der Waals surface area contributed by atoms with Crippen molar-refractivity contribution in [2.45, 2.75) is 11.8 Å². The van der Waals surface area contributed by atoms with Crippen LogP contribution in [0.5, 0.6) is 0 Å². The second-order valence-electron chi connectivity index (χ2n) is 5.77. The molecule has 2 rings (SSSR count). The van der Waals surface area contributed by atoms with Gasteiger partial charge in [-0.1, -0.05) is 6.92 Å². The summed E-state index contributed by atoms with van der Waals surface area (Å²) < 4.78 is 29.6. The number of imidazole rings is 1. The van der Waals surface area contributed by atoms with Crippen LogP contribution in [0.1, 0.15) is 6.92 Å². The van der Waals surface area contributed by atoms with Crippen LogP contribution in [0, 0.1) is 0 Å². The highest BCUT2D eigenvalue weighted by atomic mass is 32.2. The molecule has 24 heavy (non-hydrogen) atoms. The van der Waals surface area contributed by atoms with Gasteiger partial charge in [-0.05, 0) is 18.2 Å². The van der Waals surface area contributed by atoms with E-state index in [1.54, 1.807) is 41.2 Å². The third kappa shape index (κ3) is 2.96. The first-order valence-corrected chi connectivity index (χ1v) is 8.91. The lowest BCUT2D eigenvalue weighted by atomic mass is 10.3. The van der Waals surface area contributed by atoms with Crippen LogP contribution >= 0.6 is 0 Å². The minimum absolute atomic E-state index is 0.0598. The highest BCUT2D eigenvalue weighted by Crippen LogP contribution is 2.21. The number of fused-ring (bicyclic) bond motifs is 1. The SMILES string of the molecule is CCN(CC(=O)N(C)C)S(=O)(=O)c1ccc2c(c1)n(C)c(=O)n2C. The number of amides is 1. The molecule has 0 bridgehead atoms. The molecule has 0 saturated heterocycles. The van der Waals surface area contributed by atoms with E-state index in [-0.39, 0.29) is 29.6 Å². The molecule has 0 radical (unpaired) electrons. The van der Waals surface area contributed by atoms with Crippen molar-refractivity contribution in [3.8, 4) is 0 Å². The van der Waals surface area contributed by atoms with E-state index >= 15 is 0 Å². The Kier molecular flexibility index (Phi) is 4.86. The Hall–Kier alpha value is -2.13. The van der Waals surface area contributed by atoms with Crippen LogP contribution in [0.15, 0.2) is 27.9 Å². The van der Waals surface area contributed by atoms with Crippen molar-refractivity contribution >= 4 is 27.0 Å². The molecule has 1 aromatic heterocycles. The lowest BCUT2D eigenvalue weighted by molar-refractivity contribution is -0.128. The number of rotatable bonds is 5. The number of aryl methyl sites for hydroxylation is 2. The largest absolute Gasteiger partial charge is 0.348 e. The third-order valence-electron chi connectivity index (χ3n) is 4.04. The molecule has 0 aliphatic heterocycles. The van der Waals surface area contributed by atoms with Gasteiger partial charge >= 0.3 is 5.69 Å². The first-order chi connectivity index (χ1) is 11.1. The van der Waals surface area contributed by atoms with E-state index in [2.05, 4.69) is 0 Å².